The number of hydrogen-bond acceptors (Lipinski definition) is 5. The Bertz CT molecular complexity index is 1100. The molecular weight excluding hydrogens is 420 g/mol. The lowest BCUT2D eigenvalue weighted by atomic mass is 10.1. The molecule has 0 radical (unpaired) electrons. The number of morpholine rings is 1. The van der Waals surface area contributed by atoms with E-state index in [0.29, 0.717) is 37.7 Å². The number of nitrogens with zero attached hydrogens (tertiary/aromatic N) is 1. The molecule has 6 nitrogen and oxygen atoms in total. The van der Waals surface area contributed by atoms with Gasteiger partial charge >= 0.3 is 0 Å². The summed E-state index contributed by atoms with van der Waals surface area (Å²) in [4.78, 5) is 13.6. The summed E-state index contributed by atoms with van der Waals surface area (Å²) in [6.45, 7) is 1.88. The number of hydrogen-bond donors (Lipinski definition) is 1. The van der Waals surface area contributed by atoms with Crippen molar-refractivity contribution in [3.63, 3.8) is 0 Å². The Morgan fingerprint density at radius 2 is 1.70 bits per heavy atom. The molecule has 0 atom stereocenters. The maximum Gasteiger partial charge on any atom is 0.262 e. The van der Waals surface area contributed by atoms with Crippen molar-refractivity contribution in [1.82, 2.24) is 9.62 Å². The van der Waals surface area contributed by atoms with Crippen LogP contribution in [0.4, 0.5) is 0 Å². The first kappa shape index (κ1) is 20.7. The predicted molar refractivity (Wildman–Crippen MR) is 117 cm³/mol. The molecule has 0 spiro atoms. The van der Waals surface area contributed by atoms with Gasteiger partial charge in [0.2, 0.25) is 10.0 Å². The Morgan fingerprint density at radius 3 is 2.40 bits per heavy atom. The smallest absolute Gasteiger partial charge is 0.262 e. The Morgan fingerprint density at radius 1 is 1.00 bits per heavy atom. The van der Waals surface area contributed by atoms with Gasteiger partial charge in [-0.25, -0.2) is 8.42 Å². The molecule has 156 valence electrons. The van der Waals surface area contributed by atoms with Crippen LogP contribution >= 0.6 is 11.3 Å². The third kappa shape index (κ3) is 4.46. The number of amides is 1. The molecule has 2 aromatic carbocycles. The first-order valence-electron chi connectivity index (χ1n) is 9.63. The first-order valence-corrected chi connectivity index (χ1v) is 12.0. The van der Waals surface area contributed by atoms with E-state index in [1.165, 1.54) is 15.6 Å². The molecule has 30 heavy (non-hydrogen) atoms. The van der Waals surface area contributed by atoms with Gasteiger partial charge in [0.1, 0.15) is 0 Å². The largest absolute Gasteiger partial charge is 0.379 e. The van der Waals surface area contributed by atoms with Crippen LogP contribution in [0.2, 0.25) is 0 Å². The summed E-state index contributed by atoms with van der Waals surface area (Å²) in [5.41, 5.74) is 2.74. The molecular formula is C22H22N2O4S2. The van der Waals surface area contributed by atoms with Crippen LogP contribution in [-0.4, -0.2) is 44.9 Å². The molecule has 1 saturated heterocycles. The summed E-state index contributed by atoms with van der Waals surface area (Å²) in [5.74, 6) is -0.145. The number of carbonyl (C=O) groups excluding carboxylic acids is 1. The zero-order chi connectivity index (χ0) is 21.0. The Kier molecular flexibility index (Phi) is 6.29. The highest BCUT2D eigenvalue weighted by atomic mass is 32.2. The molecule has 0 aliphatic carbocycles. The van der Waals surface area contributed by atoms with Crippen molar-refractivity contribution in [2.75, 3.05) is 26.3 Å². The van der Waals surface area contributed by atoms with E-state index in [-0.39, 0.29) is 10.8 Å². The lowest BCUT2D eigenvalue weighted by Gasteiger charge is -2.26. The summed E-state index contributed by atoms with van der Waals surface area (Å²) in [6.07, 6.45) is 0. The molecule has 1 aliphatic heterocycles. The monoisotopic (exact) mass is 442 g/mol. The van der Waals surface area contributed by atoms with Crippen LogP contribution in [0.1, 0.15) is 15.2 Å². The van der Waals surface area contributed by atoms with E-state index in [1.807, 2.05) is 41.8 Å². The number of sulfonamides is 1. The number of carbonyl (C=O) groups is 1. The van der Waals surface area contributed by atoms with E-state index in [2.05, 4.69) is 5.32 Å². The molecule has 1 aliphatic rings. The fourth-order valence-electron chi connectivity index (χ4n) is 3.31. The van der Waals surface area contributed by atoms with Crippen LogP contribution in [0.5, 0.6) is 0 Å². The average molecular weight is 443 g/mol. The molecule has 1 aromatic heterocycles. The third-order valence-electron chi connectivity index (χ3n) is 4.94. The molecule has 1 amide bonds. The van der Waals surface area contributed by atoms with Gasteiger partial charge in [0.05, 0.1) is 23.0 Å². The Labute approximate surface area is 180 Å². The van der Waals surface area contributed by atoms with Crippen molar-refractivity contribution in [3.05, 3.63) is 76.5 Å². The van der Waals surface area contributed by atoms with E-state index >= 15 is 0 Å². The zero-order valence-electron chi connectivity index (χ0n) is 16.3. The van der Waals surface area contributed by atoms with E-state index in [4.69, 9.17) is 4.74 Å². The third-order valence-corrected chi connectivity index (χ3v) is 7.77. The summed E-state index contributed by atoms with van der Waals surface area (Å²) >= 11 is 1.40. The second kappa shape index (κ2) is 9.09. The summed E-state index contributed by atoms with van der Waals surface area (Å²) < 4.78 is 32.1. The standard InChI is InChI=1S/C22H22N2O4S2/c25-22(21-20(10-15-29-21)18-4-2-1-3-5-18)23-16-17-6-8-19(9-7-17)30(26,27)24-11-13-28-14-12-24/h1-10,15H,11-14,16H2,(H,23,25). The Balaban J connectivity index is 1.41. The van der Waals surface area contributed by atoms with E-state index in [9.17, 15) is 13.2 Å². The number of thiophene rings is 1. The van der Waals surface area contributed by atoms with E-state index in [0.717, 1.165) is 16.7 Å². The van der Waals surface area contributed by atoms with Crippen molar-refractivity contribution in [1.29, 1.82) is 0 Å². The molecule has 0 saturated carbocycles. The van der Waals surface area contributed by atoms with E-state index in [1.54, 1.807) is 24.3 Å². The lowest BCUT2D eigenvalue weighted by molar-refractivity contribution is 0.0730. The quantitative estimate of drug-likeness (QED) is 0.635. The minimum Gasteiger partial charge on any atom is -0.379 e. The van der Waals surface area contributed by atoms with Gasteiger partial charge in [0, 0.05) is 25.2 Å². The van der Waals surface area contributed by atoms with Gasteiger partial charge in [-0.15, -0.1) is 11.3 Å². The van der Waals surface area contributed by atoms with Crippen LogP contribution in [0.15, 0.2) is 70.9 Å². The van der Waals surface area contributed by atoms with Crippen molar-refractivity contribution in [2.45, 2.75) is 11.4 Å². The van der Waals surface area contributed by atoms with Crippen LogP contribution in [0, 0.1) is 0 Å². The van der Waals surface area contributed by atoms with Crippen molar-refractivity contribution in [3.8, 4) is 11.1 Å². The minimum absolute atomic E-state index is 0.145. The first-order chi connectivity index (χ1) is 14.6. The summed E-state index contributed by atoms with van der Waals surface area (Å²) in [5, 5.41) is 4.83. The van der Waals surface area contributed by atoms with Crippen molar-refractivity contribution < 1.29 is 17.9 Å². The highest BCUT2D eigenvalue weighted by Gasteiger charge is 2.26. The Hall–Kier alpha value is -2.52. The fourth-order valence-corrected chi connectivity index (χ4v) is 5.55. The summed E-state index contributed by atoms with van der Waals surface area (Å²) in [7, 11) is -3.51. The molecule has 3 aromatic rings. The lowest BCUT2D eigenvalue weighted by Crippen LogP contribution is -2.40. The fraction of sp³-hybridized carbons (Fsp3) is 0.227. The SMILES string of the molecule is O=C(NCc1ccc(S(=O)(=O)N2CCOCC2)cc1)c1sccc1-c1ccccc1. The molecule has 8 heteroatoms. The summed E-state index contributed by atoms with van der Waals surface area (Å²) in [6, 6.07) is 18.4. The maximum absolute atomic E-state index is 12.7. The van der Waals surface area contributed by atoms with Gasteiger partial charge < -0.3 is 10.1 Å². The second-order valence-corrected chi connectivity index (χ2v) is 9.73. The number of ether oxygens (including phenoxy) is 1. The van der Waals surface area contributed by atoms with Crippen LogP contribution in [0.25, 0.3) is 11.1 Å². The van der Waals surface area contributed by atoms with Gasteiger partial charge in [0.15, 0.2) is 0 Å². The molecule has 4 rings (SSSR count). The zero-order valence-corrected chi connectivity index (χ0v) is 17.9. The van der Waals surface area contributed by atoms with Gasteiger partial charge in [-0.3, -0.25) is 4.79 Å². The number of rotatable bonds is 6. The predicted octanol–water partition coefficient (Wildman–Crippen LogP) is 3.37. The van der Waals surface area contributed by atoms with Gasteiger partial charge in [0.25, 0.3) is 5.91 Å². The van der Waals surface area contributed by atoms with Gasteiger partial charge in [-0.2, -0.15) is 4.31 Å². The molecule has 1 N–H and O–H groups in total. The van der Waals surface area contributed by atoms with Gasteiger partial charge in [-0.05, 0) is 34.7 Å². The number of nitrogens with one attached hydrogen (secondary N) is 1. The molecule has 1 fully saturated rings. The number of benzene rings is 2. The van der Waals surface area contributed by atoms with Crippen LogP contribution in [0.3, 0.4) is 0 Å². The van der Waals surface area contributed by atoms with Crippen LogP contribution in [-0.2, 0) is 21.3 Å². The molecule has 0 bridgehead atoms. The van der Waals surface area contributed by atoms with Crippen molar-refractivity contribution >= 4 is 27.3 Å². The second-order valence-electron chi connectivity index (χ2n) is 6.87. The maximum atomic E-state index is 12.7. The molecule has 0 unspecified atom stereocenters. The highest BCUT2D eigenvalue weighted by Crippen LogP contribution is 2.28. The topological polar surface area (TPSA) is 75.7 Å². The van der Waals surface area contributed by atoms with Crippen molar-refractivity contribution in [2.24, 2.45) is 0 Å². The average Bonchev–Trinajstić information content (AvgIpc) is 3.29. The normalized spacial score (nSPS) is 15.1. The highest BCUT2D eigenvalue weighted by molar-refractivity contribution is 7.89. The molecule has 2 heterocycles. The van der Waals surface area contributed by atoms with E-state index < -0.39 is 10.0 Å². The minimum atomic E-state index is -3.51. The van der Waals surface area contributed by atoms with Crippen LogP contribution < -0.4 is 5.32 Å². The van der Waals surface area contributed by atoms with Gasteiger partial charge in [-0.1, -0.05) is 42.5 Å².